The predicted octanol–water partition coefficient (Wildman–Crippen LogP) is 7.14. The van der Waals surface area contributed by atoms with E-state index in [0.29, 0.717) is 22.6 Å². The largest absolute Gasteiger partial charge is 0.417 e. The summed E-state index contributed by atoms with van der Waals surface area (Å²) in [6.07, 6.45) is -2.82. The highest BCUT2D eigenvalue weighted by Gasteiger charge is 2.39. The first-order valence-corrected chi connectivity index (χ1v) is 10.5. The Bertz CT molecular complexity index is 1460. The average molecular weight is 429 g/mol. The van der Waals surface area contributed by atoms with Gasteiger partial charge in [-0.15, -0.1) is 0 Å². The van der Waals surface area contributed by atoms with Gasteiger partial charge < -0.3 is 0 Å². The van der Waals surface area contributed by atoms with E-state index < -0.39 is 11.7 Å². The molecule has 3 aromatic carbocycles. The fourth-order valence-electron chi connectivity index (χ4n) is 4.34. The third-order valence-electron chi connectivity index (χ3n) is 6.00. The first kappa shape index (κ1) is 19.0. The van der Waals surface area contributed by atoms with Crippen LogP contribution in [0.25, 0.3) is 38.8 Å². The molecule has 1 saturated carbocycles. The third kappa shape index (κ3) is 3.06. The van der Waals surface area contributed by atoms with Gasteiger partial charge in [-0.25, -0.2) is 9.67 Å². The molecule has 1 aliphatic carbocycles. The zero-order valence-corrected chi connectivity index (χ0v) is 17.0. The molecule has 1 aliphatic rings. The number of nitrogens with zero attached hydrogens (tertiary/aromatic N) is 3. The standard InChI is InChI=1S/C26H18F3N3/c27-26(28,29)21-15-22(20-12-6-8-16-7-4-5-11-19(16)20)30-25-23(21)24(17-13-14-17)31-32(25)18-9-2-1-3-10-18/h1-12,15,17H,13-14H2. The van der Waals surface area contributed by atoms with Gasteiger partial charge in [0.2, 0.25) is 0 Å². The van der Waals surface area contributed by atoms with Crippen molar-refractivity contribution in [2.24, 2.45) is 0 Å². The fraction of sp³-hybridized carbons (Fsp3) is 0.154. The maximum Gasteiger partial charge on any atom is 0.417 e. The van der Waals surface area contributed by atoms with E-state index >= 15 is 0 Å². The van der Waals surface area contributed by atoms with E-state index in [0.717, 1.165) is 23.6 Å². The van der Waals surface area contributed by atoms with Gasteiger partial charge in [0, 0.05) is 11.5 Å². The van der Waals surface area contributed by atoms with Gasteiger partial charge in [-0.05, 0) is 41.8 Å². The lowest BCUT2D eigenvalue weighted by atomic mass is 9.99. The molecular weight excluding hydrogens is 411 g/mol. The summed E-state index contributed by atoms with van der Waals surface area (Å²) in [5.41, 5.74) is 1.73. The highest BCUT2D eigenvalue weighted by atomic mass is 19.4. The minimum absolute atomic E-state index is 0.0498. The number of hydrogen-bond acceptors (Lipinski definition) is 2. The maximum atomic E-state index is 14.3. The molecule has 5 aromatic rings. The molecule has 3 nitrogen and oxygen atoms in total. The fourth-order valence-corrected chi connectivity index (χ4v) is 4.34. The average Bonchev–Trinajstić information content (AvgIpc) is 3.58. The molecule has 0 unspecified atom stereocenters. The van der Waals surface area contributed by atoms with Crippen molar-refractivity contribution in [1.82, 2.24) is 14.8 Å². The van der Waals surface area contributed by atoms with Crippen LogP contribution in [0.3, 0.4) is 0 Å². The zero-order valence-electron chi connectivity index (χ0n) is 17.0. The summed E-state index contributed by atoms with van der Waals surface area (Å²) in [6, 6.07) is 23.7. The van der Waals surface area contributed by atoms with E-state index in [1.54, 1.807) is 4.68 Å². The molecule has 2 heterocycles. The Balaban J connectivity index is 1.72. The Hall–Kier alpha value is -3.67. The minimum atomic E-state index is -4.52. The molecule has 158 valence electrons. The summed E-state index contributed by atoms with van der Waals surface area (Å²) in [5, 5.41) is 6.58. The monoisotopic (exact) mass is 429 g/mol. The first-order valence-electron chi connectivity index (χ1n) is 10.5. The number of fused-ring (bicyclic) bond motifs is 2. The number of rotatable bonds is 3. The number of alkyl halides is 3. The minimum Gasteiger partial charge on any atom is -0.228 e. The van der Waals surface area contributed by atoms with Crippen molar-refractivity contribution in [2.45, 2.75) is 24.9 Å². The zero-order chi connectivity index (χ0) is 21.9. The summed E-state index contributed by atoms with van der Waals surface area (Å²) in [4.78, 5) is 4.78. The molecule has 0 saturated heterocycles. The van der Waals surface area contributed by atoms with Crippen LogP contribution in [-0.2, 0) is 6.18 Å². The maximum absolute atomic E-state index is 14.3. The molecule has 32 heavy (non-hydrogen) atoms. The molecular formula is C26H18F3N3. The van der Waals surface area contributed by atoms with Crippen LogP contribution in [-0.4, -0.2) is 14.8 Å². The van der Waals surface area contributed by atoms with Crippen molar-refractivity contribution >= 4 is 21.8 Å². The van der Waals surface area contributed by atoms with Crippen LogP contribution in [0, 0.1) is 0 Å². The highest BCUT2D eigenvalue weighted by molar-refractivity contribution is 5.97. The van der Waals surface area contributed by atoms with Gasteiger partial charge in [-0.1, -0.05) is 60.7 Å². The summed E-state index contributed by atoms with van der Waals surface area (Å²) in [5.74, 6) is 0.0498. The lowest BCUT2D eigenvalue weighted by Gasteiger charge is -2.13. The lowest BCUT2D eigenvalue weighted by molar-refractivity contribution is -0.136. The number of pyridine rings is 1. The molecule has 2 aromatic heterocycles. The second-order valence-corrected chi connectivity index (χ2v) is 8.18. The summed E-state index contributed by atoms with van der Waals surface area (Å²) >= 11 is 0. The molecule has 0 spiro atoms. The second-order valence-electron chi connectivity index (χ2n) is 8.18. The summed E-state index contributed by atoms with van der Waals surface area (Å²) in [7, 11) is 0. The topological polar surface area (TPSA) is 30.7 Å². The van der Waals surface area contributed by atoms with Gasteiger partial charge in [0.25, 0.3) is 0 Å². The number of halogens is 3. The van der Waals surface area contributed by atoms with E-state index in [1.165, 1.54) is 6.07 Å². The van der Waals surface area contributed by atoms with E-state index in [2.05, 4.69) is 5.10 Å². The molecule has 6 heteroatoms. The van der Waals surface area contributed by atoms with Gasteiger partial charge in [-0.3, -0.25) is 0 Å². The van der Waals surface area contributed by atoms with Crippen molar-refractivity contribution in [3.05, 3.63) is 90.1 Å². The highest BCUT2D eigenvalue weighted by Crippen LogP contribution is 2.47. The van der Waals surface area contributed by atoms with E-state index in [-0.39, 0.29) is 17.0 Å². The van der Waals surface area contributed by atoms with Crippen LogP contribution in [0.15, 0.2) is 78.9 Å². The van der Waals surface area contributed by atoms with Gasteiger partial charge in [0.05, 0.1) is 28.0 Å². The van der Waals surface area contributed by atoms with Crippen LogP contribution >= 0.6 is 0 Å². The van der Waals surface area contributed by atoms with Crippen LogP contribution in [0.1, 0.15) is 30.0 Å². The van der Waals surface area contributed by atoms with Crippen molar-refractivity contribution in [2.75, 3.05) is 0 Å². The molecule has 0 amide bonds. The number of para-hydroxylation sites is 1. The normalized spacial score (nSPS) is 14.3. The van der Waals surface area contributed by atoms with Gasteiger partial charge >= 0.3 is 6.18 Å². The van der Waals surface area contributed by atoms with E-state index in [4.69, 9.17) is 4.98 Å². The van der Waals surface area contributed by atoms with Crippen molar-refractivity contribution in [3.8, 4) is 16.9 Å². The Morgan fingerprint density at radius 3 is 2.31 bits per heavy atom. The SMILES string of the molecule is FC(F)(F)c1cc(-c2cccc3ccccc23)nc2c1c(C1CC1)nn2-c1ccccc1. The first-order chi connectivity index (χ1) is 15.5. The number of hydrogen-bond donors (Lipinski definition) is 0. The van der Waals surface area contributed by atoms with Crippen LogP contribution in [0.5, 0.6) is 0 Å². The smallest absolute Gasteiger partial charge is 0.228 e. The molecule has 0 atom stereocenters. The molecule has 0 radical (unpaired) electrons. The molecule has 1 fully saturated rings. The van der Waals surface area contributed by atoms with Gasteiger partial charge in [0.15, 0.2) is 5.65 Å². The van der Waals surface area contributed by atoms with Crippen LogP contribution in [0.2, 0.25) is 0 Å². The number of benzene rings is 3. The molecule has 0 bridgehead atoms. The van der Waals surface area contributed by atoms with Crippen molar-refractivity contribution in [1.29, 1.82) is 0 Å². The summed E-state index contributed by atoms with van der Waals surface area (Å²) < 4.78 is 44.6. The third-order valence-corrected chi connectivity index (χ3v) is 6.00. The predicted molar refractivity (Wildman–Crippen MR) is 119 cm³/mol. The Kier molecular flexibility index (Phi) is 4.12. The molecule has 6 rings (SSSR count). The van der Waals surface area contributed by atoms with Crippen molar-refractivity contribution < 1.29 is 13.2 Å². The molecule has 0 N–H and O–H groups in total. The van der Waals surface area contributed by atoms with Gasteiger partial charge in [0.1, 0.15) is 0 Å². The van der Waals surface area contributed by atoms with Crippen molar-refractivity contribution in [3.63, 3.8) is 0 Å². The van der Waals surface area contributed by atoms with E-state index in [9.17, 15) is 13.2 Å². The Labute approximate surface area is 182 Å². The Morgan fingerprint density at radius 2 is 1.56 bits per heavy atom. The van der Waals surface area contributed by atoms with Crippen LogP contribution < -0.4 is 0 Å². The Morgan fingerprint density at radius 1 is 0.844 bits per heavy atom. The van der Waals surface area contributed by atoms with E-state index in [1.807, 2.05) is 72.8 Å². The van der Waals surface area contributed by atoms with Crippen LogP contribution in [0.4, 0.5) is 13.2 Å². The molecule has 0 aliphatic heterocycles. The van der Waals surface area contributed by atoms with Gasteiger partial charge in [-0.2, -0.15) is 18.3 Å². The lowest BCUT2D eigenvalue weighted by Crippen LogP contribution is -2.08. The second kappa shape index (κ2) is 6.92. The summed E-state index contributed by atoms with van der Waals surface area (Å²) in [6.45, 7) is 0. The quantitative estimate of drug-likeness (QED) is 0.305. The number of aromatic nitrogens is 3.